The molecule has 0 saturated carbocycles. The summed E-state index contributed by atoms with van der Waals surface area (Å²) in [6.45, 7) is 2.56. The maximum Gasteiger partial charge on any atom is 0.105 e. The second kappa shape index (κ2) is 5.54. The van der Waals surface area contributed by atoms with Gasteiger partial charge in [0.25, 0.3) is 0 Å². The third kappa shape index (κ3) is 2.91. The topological polar surface area (TPSA) is 60.9 Å². The first-order chi connectivity index (χ1) is 8.58. The molecule has 1 heterocycles. The van der Waals surface area contributed by atoms with Crippen molar-refractivity contribution in [3.8, 4) is 0 Å². The molecule has 0 radical (unpaired) electrons. The Morgan fingerprint density at radius 2 is 2.28 bits per heavy atom. The predicted octanol–water partition coefficient (Wildman–Crippen LogP) is 2.23. The van der Waals surface area contributed by atoms with Gasteiger partial charge in [-0.25, -0.2) is 4.98 Å². The molecule has 1 aromatic heterocycles. The highest BCUT2D eigenvalue weighted by atomic mass is 35.5. The SMILES string of the molecule is Cc1nccn1CCS(=O)c1cc(N)ccc1Cl. The minimum atomic E-state index is -1.16. The molecule has 2 rings (SSSR count). The van der Waals surface area contributed by atoms with E-state index in [4.69, 9.17) is 17.3 Å². The number of benzene rings is 1. The summed E-state index contributed by atoms with van der Waals surface area (Å²) in [4.78, 5) is 4.71. The number of aryl methyl sites for hydroxylation is 2. The van der Waals surface area contributed by atoms with E-state index >= 15 is 0 Å². The van der Waals surface area contributed by atoms with Gasteiger partial charge in [-0.05, 0) is 25.1 Å². The van der Waals surface area contributed by atoms with Gasteiger partial charge in [0.15, 0.2) is 0 Å². The molecule has 0 fully saturated rings. The first kappa shape index (κ1) is 13.1. The number of hydrogen-bond acceptors (Lipinski definition) is 3. The minimum absolute atomic E-state index is 0.486. The first-order valence-electron chi connectivity index (χ1n) is 5.49. The third-order valence-corrected chi connectivity index (χ3v) is 4.47. The van der Waals surface area contributed by atoms with Crippen molar-refractivity contribution < 1.29 is 4.21 Å². The summed E-state index contributed by atoms with van der Waals surface area (Å²) in [5.41, 5.74) is 6.24. The number of halogens is 1. The number of nitrogens with zero attached hydrogens (tertiary/aromatic N) is 2. The van der Waals surface area contributed by atoms with Crippen LogP contribution >= 0.6 is 11.6 Å². The van der Waals surface area contributed by atoms with Gasteiger partial charge in [0, 0.05) is 30.4 Å². The largest absolute Gasteiger partial charge is 0.399 e. The average Bonchev–Trinajstić information content (AvgIpc) is 2.75. The monoisotopic (exact) mass is 283 g/mol. The maximum absolute atomic E-state index is 12.2. The molecule has 0 saturated heterocycles. The van der Waals surface area contributed by atoms with Crippen molar-refractivity contribution in [1.82, 2.24) is 9.55 Å². The van der Waals surface area contributed by atoms with E-state index in [2.05, 4.69) is 4.98 Å². The first-order valence-corrected chi connectivity index (χ1v) is 7.19. The summed E-state index contributed by atoms with van der Waals surface area (Å²) < 4.78 is 14.1. The zero-order chi connectivity index (χ0) is 13.1. The number of hydrogen-bond donors (Lipinski definition) is 1. The van der Waals surface area contributed by atoms with E-state index in [-0.39, 0.29) is 0 Å². The molecule has 1 unspecified atom stereocenters. The van der Waals surface area contributed by atoms with Crippen molar-refractivity contribution >= 4 is 28.1 Å². The lowest BCUT2D eigenvalue weighted by atomic mass is 10.3. The van der Waals surface area contributed by atoms with Crippen LogP contribution < -0.4 is 5.73 Å². The van der Waals surface area contributed by atoms with Crippen LogP contribution in [0, 0.1) is 6.92 Å². The van der Waals surface area contributed by atoms with Gasteiger partial charge >= 0.3 is 0 Å². The summed E-state index contributed by atoms with van der Waals surface area (Å²) in [6.07, 6.45) is 3.60. The molecule has 0 amide bonds. The Hall–Kier alpha value is -1.33. The minimum Gasteiger partial charge on any atom is -0.399 e. The van der Waals surface area contributed by atoms with Crippen LogP contribution in [-0.4, -0.2) is 19.5 Å². The summed E-state index contributed by atoms with van der Waals surface area (Å²) in [5, 5.41) is 0.491. The number of anilines is 1. The Bertz CT molecular complexity index is 582. The molecular weight excluding hydrogens is 270 g/mol. The fraction of sp³-hybridized carbons (Fsp3) is 0.250. The highest BCUT2D eigenvalue weighted by molar-refractivity contribution is 7.85. The predicted molar refractivity (Wildman–Crippen MR) is 74.1 cm³/mol. The van der Waals surface area contributed by atoms with Gasteiger partial charge in [0.2, 0.25) is 0 Å². The smallest absolute Gasteiger partial charge is 0.105 e. The normalized spacial score (nSPS) is 12.6. The number of aromatic nitrogens is 2. The van der Waals surface area contributed by atoms with Crippen LogP contribution in [0.25, 0.3) is 0 Å². The van der Waals surface area contributed by atoms with Gasteiger partial charge in [-0.3, -0.25) is 4.21 Å². The van der Waals surface area contributed by atoms with Gasteiger partial charge in [-0.1, -0.05) is 11.6 Å². The molecule has 96 valence electrons. The second-order valence-corrected chi connectivity index (χ2v) is 5.85. The van der Waals surface area contributed by atoms with Crippen LogP contribution in [0.4, 0.5) is 5.69 Å². The Morgan fingerprint density at radius 3 is 2.94 bits per heavy atom. The van der Waals surface area contributed by atoms with E-state index in [1.807, 2.05) is 17.7 Å². The van der Waals surface area contributed by atoms with Crippen LogP contribution in [-0.2, 0) is 17.3 Å². The summed E-state index contributed by atoms with van der Waals surface area (Å²) in [6, 6.07) is 5.04. The van der Waals surface area contributed by atoms with Gasteiger partial charge in [-0.15, -0.1) is 0 Å². The summed E-state index contributed by atoms with van der Waals surface area (Å²) in [5.74, 6) is 1.39. The fourth-order valence-corrected chi connectivity index (χ4v) is 3.14. The highest BCUT2D eigenvalue weighted by Gasteiger charge is 2.09. The van der Waals surface area contributed by atoms with E-state index in [1.54, 1.807) is 24.4 Å². The molecular formula is C12H14ClN3OS. The summed E-state index contributed by atoms with van der Waals surface area (Å²) in [7, 11) is -1.16. The van der Waals surface area contributed by atoms with E-state index in [9.17, 15) is 4.21 Å². The standard InChI is InChI=1S/C12H14ClN3OS/c1-9-15-4-5-16(9)6-7-18(17)12-8-10(14)2-3-11(12)13/h2-5,8H,6-7,14H2,1H3. The van der Waals surface area contributed by atoms with Crippen LogP contribution in [0.5, 0.6) is 0 Å². The molecule has 0 aliphatic carbocycles. The van der Waals surface area contributed by atoms with Crippen LogP contribution in [0.2, 0.25) is 5.02 Å². The van der Waals surface area contributed by atoms with Gasteiger partial charge in [0.1, 0.15) is 5.82 Å². The molecule has 18 heavy (non-hydrogen) atoms. The van der Waals surface area contributed by atoms with Gasteiger partial charge in [-0.2, -0.15) is 0 Å². The van der Waals surface area contributed by atoms with Crippen molar-refractivity contribution in [1.29, 1.82) is 0 Å². The average molecular weight is 284 g/mol. The van der Waals surface area contributed by atoms with Crippen molar-refractivity contribution in [2.75, 3.05) is 11.5 Å². The molecule has 0 bridgehead atoms. The highest BCUT2D eigenvalue weighted by Crippen LogP contribution is 2.22. The van der Waals surface area contributed by atoms with Crippen molar-refractivity contribution in [3.05, 3.63) is 41.4 Å². The molecule has 4 nitrogen and oxygen atoms in total. The number of rotatable bonds is 4. The van der Waals surface area contributed by atoms with Crippen LogP contribution in [0.15, 0.2) is 35.5 Å². The number of nitrogen functional groups attached to an aromatic ring is 1. The molecule has 6 heteroatoms. The van der Waals surface area contributed by atoms with E-state index in [0.717, 1.165) is 5.82 Å². The van der Waals surface area contributed by atoms with E-state index in [1.165, 1.54) is 0 Å². The van der Waals surface area contributed by atoms with Gasteiger partial charge in [0.05, 0.1) is 20.7 Å². The number of imidazole rings is 1. The third-order valence-electron chi connectivity index (χ3n) is 2.64. The van der Waals surface area contributed by atoms with Crippen molar-refractivity contribution in [3.63, 3.8) is 0 Å². The molecule has 0 aliphatic heterocycles. The lowest BCUT2D eigenvalue weighted by molar-refractivity contribution is 0.670. The fourth-order valence-electron chi connectivity index (χ4n) is 1.63. The quantitative estimate of drug-likeness (QED) is 0.876. The van der Waals surface area contributed by atoms with Crippen molar-refractivity contribution in [2.24, 2.45) is 0 Å². The maximum atomic E-state index is 12.2. The molecule has 2 aromatic rings. The second-order valence-electron chi connectivity index (χ2n) is 3.91. The van der Waals surface area contributed by atoms with Crippen molar-refractivity contribution in [2.45, 2.75) is 18.4 Å². The zero-order valence-corrected chi connectivity index (χ0v) is 11.5. The van der Waals surface area contributed by atoms with Crippen LogP contribution in [0.3, 0.4) is 0 Å². The van der Waals surface area contributed by atoms with E-state index in [0.29, 0.717) is 27.9 Å². The molecule has 1 aromatic carbocycles. The Balaban J connectivity index is 2.08. The lowest BCUT2D eigenvalue weighted by Gasteiger charge is -2.07. The number of nitrogens with two attached hydrogens (primary N) is 1. The Morgan fingerprint density at radius 1 is 1.50 bits per heavy atom. The summed E-state index contributed by atoms with van der Waals surface area (Å²) >= 11 is 6.02. The lowest BCUT2D eigenvalue weighted by Crippen LogP contribution is -2.09. The zero-order valence-electron chi connectivity index (χ0n) is 9.97. The Kier molecular flexibility index (Phi) is 4.04. The van der Waals surface area contributed by atoms with E-state index < -0.39 is 10.8 Å². The Labute approximate surface area is 113 Å². The van der Waals surface area contributed by atoms with Crippen LogP contribution in [0.1, 0.15) is 5.82 Å². The molecule has 0 spiro atoms. The van der Waals surface area contributed by atoms with Gasteiger partial charge < -0.3 is 10.3 Å². The molecule has 0 aliphatic rings. The molecule has 1 atom stereocenters. The molecule has 2 N–H and O–H groups in total.